The Morgan fingerprint density at radius 2 is 1.95 bits per heavy atom. The van der Waals surface area contributed by atoms with Crippen molar-refractivity contribution in [2.24, 2.45) is 0 Å². The number of carbonyl (C=O) groups excluding carboxylic acids is 1. The van der Waals surface area contributed by atoms with E-state index in [2.05, 4.69) is 5.32 Å². The highest BCUT2D eigenvalue weighted by Gasteiger charge is 2.22. The lowest BCUT2D eigenvalue weighted by Gasteiger charge is -2.13. The number of hydrogen-bond acceptors (Lipinski definition) is 3. The molecule has 4 nitrogen and oxygen atoms in total. The SMILES string of the molecule is Cc1ccc(CCC(=O)NC(C(=O)O)c2cccs2)cc1. The number of nitrogens with one attached hydrogen (secondary N) is 1. The van der Waals surface area contributed by atoms with Crippen molar-refractivity contribution in [3.8, 4) is 0 Å². The van der Waals surface area contributed by atoms with Crippen molar-refractivity contribution in [2.45, 2.75) is 25.8 Å². The number of rotatable bonds is 6. The lowest BCUT2D eigenvalue weighted by atomic mass is 10.1. The maximum absolute atomic E-state index is 11.9. The van der Waals surface area contributed by atoms with Gasteiger partial charge >= 0.3 is 5.97 Å². The van der Waals surface area contributed by atoms with Gasteiger partial charge in [0.1, 0.15) is 0 Å². The highest BCUT2D eigenvalue weighted by molar-refractivity contribution is 7.10. The van der Waals surface area contributed by atoms with Gasteiger partial charge in [0.2, 0.25) is 5.91 Å². The highest BCUT2D eigenvalue weighted by atomic mass is 32.1. The predicted octanol–water partition coefficient (Wildman–Crippen LogP) is 2.93. The number of amides is 1. The minimum absolute atomic E-state index is 0.253. The van der Waals surface area contributed by atoms with E-state index in [1.807, 2.05) is 31.2 Å². The van der Waals surface area contributed by atoms with Crippen LogP contribution in [0.15, 0.2) is 41.8 Å². The Morgan fingerprint density at radius 1 is 1.24 bits per heavy atom. The van der Waals surface area contributed by atoms with Gasteiger partial charge in [-0.05, 0) is 30.4 Å². The molecule has 1 amide bonds. The van der Waals surface area contributed by atoms with Crippen LogP contribution in [0.4, 0.5) is 0 Å². The Hall–Kier alpha value is -2.14. The molecule has 0 aliphatic rings. The first-order chi connectivity index (χ1) is 10.1. The van der Waals surface area contributed by atoms with Crippen LogP contribution in [0.2, 0.25) is 0 Å². The van der Waals surface area contributed by atoms with Gasteiger partial charge in [-0.2, -0.15) is 0 Å². The first-order valence-electron chi connectivity index (χ1n) is 6.67. The molecule has 21 heavy (non-hydrogen) atoms. The summed E-state index contributed by atoms with van der Waals surface area (Å²) in [6.45, 7) is 2.01. The van der Waals surface area contributed by atoms with Crippen LogP contribution in [-0.2, 0) is 16.0 Å². The third-order valence-electron chi connectivity index (χ3n) is 3.14. The fourth-order valence-electron chi connectivity index (χ4n) is 1.96. The molecule has 0 spiro atoms. The largest absolute Gasteiger partial charge is 0.479 e. The lowest BCUT2D eigenvalue weighted by molar-refractivity contribution is -0.141. The average Bonchev–Trinajstić information content (AvgIpc) is 2.97. The van der Waals surface area contributed by atoms with Crippen molar-refractivity contribution in [1.29, 1.82) is 0 Å². The maximum atomic E-state index is 11.9. The van der Waals surface area contributed by atoms with Gasteiger partial charge in [0.05, 0.1) is 0 Å². The molecular formula is C16H17NO3S. The van der Waals surface area contributed by atoms with Crippen LogP contribution >= 0.6 is 11.3 Å². The first kappa shape index (κ1) is 15.3. The van der Waals surface area contributed by atoms with Gasteiger partial charge in [-0.15, -0.1) is 11.3 Å². The Kier molecular flexibility index (Phi) is 5.11. The Bertz CT molecular complexity index is 605. The number of aryl methyl sites for hydroxylation is 2. The number of benzene rings is 1. The molecule has 0 aliphatic heterocycles. The molecule has 0 radical (unpaired) electrons. The van der Waals surface area contributed by atoms with E-state index in [9.17, 15) is 14.7 Å². The number of aliphatic carboxylic acids is 1. The number of hydrogen-bond donors (Lipinski definition) is 2. The van der Waals surface area contributed by atoms with Gasteiger partial charge in [0.15, 0.2) is 6.04 Å². The van der Waals surface area contributed by atoms with Gasteiger partial charge in [-0.1, -0.05) is 35.9 Å². The van der Waals surface area contributed by atoms with Crippen molar-refractivity contribution in [3.63, 3.8) is 0 Å². The Balaban J connectivity index is 1.91. The molecule has 1 unspecified atom stereocenters. The van der Waals surface area contributed by atoms with Gasteiger partial charge in [-0.3, -0.25) is 4.79 Å². The summed E-state index contributed by atoms with van der Waals surface area (Å²) in [6, 6.07) is 10.5. The van der Waals surface area contributed by atoms with E-state index in [-0.39, 0.29) is 12.3 Å². The standard InChI is InChI=1S/C16H17NO3S/c1-11-4-6-12(7-5-11)8-9-14(18)17-15(16(19)20)13-3-2-10-21-13/h2-7,10,15H,8-9H2,1H3,(H,17,18)(H,19,20). The van der Waals surface area contributed by atoms with Crippen LogP contribution in [0.1, 0.15) is 28.5 Å². The molecular weight excluding hydrogens is 286 g/mol. The molecule has 0 saturated heterocycles. The summed E-state index contributed by atoms with van der Waals surface area (Å²) in [6.07, 6.45) is 0.876. The number of thiophene rings is 1. The fourth-order valence-corrected chi connectivity index (χ4v) is 2.72. The molecule has 1 aromatic heterocycles. The van der Waals surface area contributed by atoms with E-state index < -0.39 is 12.0 Å². The van der Waals surface area contributed by atoms with Gasteiger partial charge in [0, 0.05) is 11.3 Å². The molecule has 2 rings (SSSR count). The summed E-state index contributed by atoms with van der Waals surface area (Å²) in [5.74, 6) is -1.29. The number of carbonyl (C=O) groups is 2. The Labute approximate surface area is 127 Å². The van der Waals surface area contributed by atoms with Crippen LogP contribution in [-0.4, -0.2) is 17.0 Å². The second kappa shape index (κ2) is 7.04. The summed E-state index contributed by atoms with van der Waals surface area (Å²) in [5.41, 5.74) is 2.24. The van der Waals surface area contributed by atoms with Crippen molar-refractivity contribution in [1.82, 2.24) is 5.32 Å². The summed E-state index contributed by atoms with van der Waals surface area (Å²) < 4.78 is 0. The fraction of sp³-hybridized carbons (Fsp3) is 0.250. The molecule has 0 aliphatic carbocycles. The zero-order chi connectivity index (χ0) is 15.2. The zero-order valence-electron chi connectivity index (χ0n) is 11.7. The molecule has 0 fully saturated rings. The number of carboxylic acid groups (broad SMARTS) is 1. The van der Waals surface area contributed by atoms with Crippen molar-refractivity contribution < 1.29 is 14.7 Å². The van der Waals surface area contributed by atoms with E-state index in [4.69, 9.17) is 0 Å². The van der Waals surface area contributed by atoms with Crippen LogP contribution in [0, 0.1) is 6.92 Å². The topological polar surface area (TPSA) is 66.4 Å². The van der Waals surface area contributed by atoms with E-state index in [1.54, 1.807) is 17.5 Å². The molecule has 1 aromatic carbocycles. The van der Waals surface area contributed by atoms with E-state index >= 15 is 0 Å². The highest BCUT2D eigenvalue weighted by Crippen LogP contribution is 2.19. The third kappa shape index (κ3) is 4.43. The van der Waals surface area contributed by atoms with Crippen molar-refractivity contribution in [2.75, 3.05) is 0 Å². The van der Waals surface area contributed by atoms with E-state index in [0.717, 1.165) is 5.56 Å². The van der Waals surface area contributed by atoms with Crippen LogP contribution in [0.25, 0.3) is 0 Å². The summed E-state index contributed by atoms with van der Waals surface area (Å²) in [4.78, 5) is 23.8. The second-order valence-electron chi connectivity index (χ2n) is 4.84. The first-order valence-corrected chi connectivity index (χ1v) is 7.55. The smallest absolute Gasteiger partial charge is 0.331 e. The van der Waals surface area contributed by atoms with Crippen molar-refractivity contribution >= 4 is 23.2 Å². The quantitative estimate of drug-likeness (QED) is 0.862. The number of carboxylic acids is 1. The normalized spacial score (nSPS) is 11.9. The summed E-state index contributed by atoms with van der Waals surface area (Å²) in [7, 11) is 0. The van der Waals surface area contributed by atoms with Gasteiger partial charge in [-0.25, -0.2) is 4.79 Å². The predicted molar refractivity (Wildman–Crippen MR) is 82.3 cm³/mol. The molecule has 1 atom stereocenters. The molecule has 1 heterocycles. The minimum atomic E-state index is -1.04. The monoisotopic (exact) mass is 303 g/mol. The Morgan fingerprint density at radius 3 is 2.52 bits per heavy atom. The molecule has 5 heteroatoms. The maximum Gasteiger partial charge on any atom is 0.331 e. The van der Waals surface area contributed by atoms with E-state index in [1.165, 1.54) is 16.9 Å². The summed E-state index contributed by atoms with van der Waals surface area (Å²) >= 11 is 1.32. The second-order valence-corrected chi connectivity index (χ2v) is 5.82. The molecule has 110 valence electrons. The summed E-state index contributed by atoms with van der Waals surface area (Å²) in [5, 5.41) is 13.6. The lowest BCUT2D eigenvalue weighted by Crippen LogP contribution is -2.33. The van der Waals surface area contributed by atoms with Gasteiger partial charge in [0.25, 0.3) is 0 Å². The zero-order valence-corrected chi connectivity index (χ0v) is 12.5. The van der Waals surface area contributed by atoms with E-state index in [0.29, 0.717) is 11.3 Å². The van der Waals surface area contributed by atoms with Crippen LogP contribution in [0.3, 0.4) is 0 Å². The molecule has 0 bridgehead atoms. The minimum Gasteiger partial charge on any atom is -0.479 e. The molecule has 0 saturated carbocycles. The van der Waals surface area contributed by atoms with Crippen molar-refractivity contribution in [3.05, 3.63) is 57.8 Å². The third-order valence-corrected chi connectivity index (χ3v) is 4.08. The van der Waals surface area contributed by atoms with Crippen LogP contribution < -0.4 is 5.32 Å². The average molecular weight is 303 g/mol. The molecule has 2 aromatic rings. The van der Waals surface area contributed by atoms with Crippen LogP contribution in [0.5, 0.6) is 0 Å². The van der Waals surface area contributed by atoms with Gasteiger partial charge < -0.3 is 10.4 Å². The molecule has 2 N–H and O–H groups in total.